The summed E-state index contributed by atoms with van der Waals surface area (Å²) in [5.41, 5.74) is 2.30. The number of aliphatic imine (C=N–C) groups is 1. The maximum Gasteiger partial charge on any atom is 0.190 e. The summed E-state index contributed by atoms with van der Waals surface area (Å²) < 4.78 is 10.6. The van der Waals surface area contributed by atoms with Crippen LogP contribution in [0.4, 0.5) is 0 Å². The van der Waals surface area contributed by atoms with Crippen molar-refractivity contribution in [1.82, 2.24) is 15.6 Å². The molecule has 0 saturated heterocycles. The Morgan fingerprint density at radius 2 is 1.81 bits per heavy atom. The number of rotatable bonds is 8. The Hall–Kier alpha value is -1.55. The van der Waals surface area contributed by atoms with Gasteiger partial charge in [-0.15, -0.1) is 35.3 Å². The van der Waals surface area contributed by atoms with E-state index in [0.717, 1.165) is 54.1 Å². The van der Waals surface area contributed by atoms with E-state index in [1.54, 1.807) is 32.6 Å². The lowest BCUT2D eigenvalue weighted by atomic mass is 10.1. The van der Waals surface area contributed by atoms with Crippen LogP contribution in [0.1, 0.15) is 16.3 Å². The van der Waals surface area contributed by atoms with Gasteiger partial charge in [-0.2, -0.15) is 0 Å². The van der Waals surface area contributed by atoms with E-state index < -0.39 is 0 Å². The zero-order valence-electron chi connectivity index (χ0n) is 15.7. The molecule has 144 valence electrons. The highest BCUT2D eigenvalue weighted by Gasteiger charge is 2.05. The summed E-state index contributed by atoms with van der Waals surface area (Å²) >= 11 is 1.68. The smallest absolute Gasteiger partial charge is 0.190 e. The lowest BCUT2D eigenvalue weighted by molar-refractivity contribution is 0.354. The SMILES string of the molecule is CN=C(NCCc1ccc(OC)c(OC)c1)NCCc1csc(C)n1.I. The van der Waals surface area contributed by atoms with Crippen molar-refractivity contribution < 1.29 is 9.47 Å². The molecule has 8 heteroatoms. The fraction of sp³-hybridized carbons (Fsp3) is 0.444. The summed E-state index contributed by atoms with van der Waals surface area (Å²) in [4.78, 5) is 8.71. The Balaban J connectivity index is 0.00000338. The number of hydrogen-bond donors (Lipinski definition) is 2. The van der Waals surface area contributed by atoms with Crippen molar-refractivity contribution >= 4 is 41.3 Å². The van der Waals surface area contributed by atoms with Crippen molar-refractivity contribution in [3.63, 3.8) is 0 Å². The minimum absolute atomic E-state index is 0. The number of methoxy groups -OCH3 is 2. The van der Waals surface area contributed by atoms with Crippen molar-refractivity contribution in [2.75, 3.05) is 34.4 Å². The number of aromatic nitrogens is 1. The molecule has 2 aromatic rings. The molecule has 2 N–H and O–H groups in total. The lowest BCUT2D eigenvalue weighted by Crippen LogP contribution is -2.39. The maximum atomic E-state index is 5.34. The fourth-order valence-electron chi connectivity index (χ4n) is 2.41. The highest BCUT2D eigenvalue weighted by Crippen LogP contribution is 2.27. The number of thiazole rings is 1. The summed E-state index contributed by atoms with van der Waals surface area (Å²) in [5, 5.41) is 9.84. The van der Waals surface area contributed by atoms with E-state index in [-0.39, 0.29) is 24.0 Å². The molecule has 26 heavy (non-hydrogen) atoms. The van der Waals surface area contributed by atoms with E-state index in [1.165, 1.54) is 5.56 Å². The number of nitrogens with one attached hydrogen (secondary N) is 2. The first-order valence-electron chi connectivity index (χ1n) is 8.22. The van der Waals surface area contributed by atoms with Gasteiger partial charge in [0.25, 0.3) is 0 Å². The molecule has 0 aliphatic carbocycles. The van der Waals surface area contributed by atoms with Gasteiger partial charge in [-0.05, 0) is 31.0 Å². The molecule has 0 atom stereocenters. The minimum Gasteiger partial charge on any atom is -0.493 e. The van der Waals surface area contributed by atoms with Crippen LogP contribution in [0.3, 0.4) is 0 Å². The van der Waals surface area contributed by atoms with E-state index in [9.17, 15) is 0 Å². The number of guanidine groups is 1. The van der Waals surface area contributed by atoms with Crippen LogP contribution >= 0.6 is 35.3 Å². The van der Waals surface area contributed by atoms with E-state index in [0.29, 0.717) is 0 Å². The van der Waals surface area contributed by atoms with Crippen LogP contribution in [0.15, 0.2) is 28.6 Å². The summed E-state index contributed by atoms with van der Waals surface area (Å²) in [5.74, 6) is 2.29. The molecular formula is C18H27IN4O2S. The van der Waals surface area contributed by atoms with Gasteiger partial charge in [0.1, 0.15) is 0 Å². The molecule has 6 nitrogen and oxygen atoms in total. The van der Waals surface area contributed by atoms with Crippen LogP contribution in [0.2, 0.25) is 0 Å². The molecule has 2 rings (SSSR count). The van der Waals surface area contributed by atoms with Gasteiger partial charge >= 0.3 is 0 Å². The minimum atomic E-state index is 0. The van der Waals surface area contributed by atoms with Gasteiger partial charge in [-0.3, -0.25) is 4.99 Å². The molecule has 1 aromatic carbocycles. The van der Waals surface area contributed by atoms with Gasteiger partial charge in [-0.1, -0.05) is 6.07 Å². The monoisotopic (exact) mass is 490 g/mol. The molecular weight excluding hydrogens is 463 g/mol. The zero-order valence-corrected chi connectivity index (χ0v) is 18.8. The number of hydrogen-bond acceptors (Lipinski definition) is 5. The quantitative estimate of drug-likeness (QED) is 0.338. The van der Waals surface area contributed by atoms with Gasteiger partial charge in [0, 0.05) is 31.9 Å². The van der Waals surface area contributed by atoms with Crippen molar-refractivity contribution in [2.24, 2.45) is 4.99 Å². The van der Waals surface area contributed by atoms with Crippen LogP contribution in [-0.4, -0.2) is 45.3 Å². The predicted molar refractivity (Wildman–Crippen MR) is 119 cm³/mol. The number of aryl methyl sites for hydroxylation is 1. The van der Waals surface area contributed by atoms with Crippen LogP contribution in [0.5, 0.6) is 11.5 Å². The predicted octanol–water partition coefficient (Wildman–Crippen LogP) is 3.04. The number of halogens is 1. The molecule has 0 spiro atoms. The summed E-state index contributed by atoms with van der Waals surface area (Å²) in [6.45, 7) is 3.61. The normalized spacial score (nSPS) is 10.8. The largest absolute Gasteiger partial charge is 0.493 e. The molecule has 1 heterocycles. The van der Waals surface area contributed by atoms with Crippen molar-refractivity contribution in [3.05, 3.63) is 39.8 Å². The second-order valence-corrected chi connectivity index (χ2v) is 6.54. The van der Waals surface area contributed by atoms with Crippen molar-refractivity contribution in [1.29, 1.82) is 0 Å². The average molecular weight is 490 g/mol. The van der Waals surface area contributed by atoms with Crippen LogP contribution in [0.25, 0.3) is 0 Å². The molecule has 0 saturated carbocycles. The summed E-state index contributed by atoms with van der Waals surface area (Å²) in [6.07, 6.45) is 1.76. The van der Waals surface area contributed by atoms with Crippen molar-refractivity contribution in [2.45, 2.75) is 19.8 Å². The topological polar surface area (TPSA) is 67.8 Å². The Labute approximate surface area is 176 Å². The molecule has 0 radical (unpaired) electrons. The third kappa shape index (κ3) is 6.99. The zero-order chi connectivity index (χ0) is 18.1. The molecule has 0 aliphatic heterocycles. The first-order valence-corrected chi connectivity index (χ1v) is 9.10. The van der Waals surface area contributed by atoms with E-state index in [1.807, 2.05) is 25.1 Å². The van der Waals surface area contributed by atoms with E-state index >= 15 is 0 Å². The number of nitrogens with zero attached hydrogens (tertiary/aromatic N) is 2. The highest BCUT2D eigenvalue weighted by atomic mass is 127. The molecule has 0 fully saturated rings. The average Bonchev–Trinajstić information content (AvgIpc) is 3.05. The lowest BCUT2D eigenvalue weighted by Gasteiger charge is -2.12. The molecule has 0 unspecified atom stereocenters. The van der Waals surface area contributed by atoms with Crippen molar-refractivity contribution in [3.8, 4) is 11.5 Å². The van der Waals surface area contributed by atoms with Crippen LogP contribution in [0, 0.1) is 6.92 Å². The van der Waals surface area contributed by atoms with Gasteiger partial charge in [0.05, 0.1) is 24.9 Å². The van der Waals surface area contributed by atoms with E-state index in [2.05, 4.69) is 26.0 Å². The van der Waals surface area contributed by atoms with Gasteiger partial charge in [0.15, 0.2) is 17.5 Å². The third-order valence-corrected chi connectivity index (χ3v) is 4.54. The Kier molecular flexibility index (Phi) is 10.3. The molecule has 0 amide bonds. The number of ether oxygens (including phenoxy) is 2. The highest BCUT2D eigenvalue weighted by molar-refractivity contribution is 14.0. The summed E-state index contributed by atoms with van der Waals surface area (Å²) in [7, 11) is 5.07. The molecule has 0 bridgehead atoms. The molecule has 1 aromatic heterocycles. The second-order valence-electron chi connectivity index (χ2n) is 5.47. The second kappa shape index (κ2) is 11.9. The van der Waals surface area contributed by atoms with Gasteiger partial charge < -0.3 is 20.1 Å². The van der Waals surface area contributed by atoms with Crippen LogP contribution in [-0.2, 0) is 12.8 Å². The van der Waals surface area contributed by atoms with E-state index in [4.69, 9.17) is 9.47 Å². The third-order valence-electron chi connectivity index (χ3n) is 3.72. The van der Waals surface area contributed by atoms with Gasteiger partial charge in [0.2, 0.25) is 0 Å². The number of benzene rings is 1. The first-order chi connectivity index (χ1) is 12.2. The Bertz CT molecular complexity index is 706. The Morgan fingerprint density at radius 3 is 2.38 bits per heavy atom. The standard InChI is InChI=1S/C18H26N4O2S.HI/c1-13-22-15(12-25-13)8-10-21-18(19-2)20-9-7-14-5-6-16(23-3)17(11-14)24-4;/h5-6,11-12H,7-10H2,1-4H3,(H2,19,20,21);1H. The maximum absolute atomic E-state index is 5.34. The first kappa shape index (κ1) is 22.5. The van der Waals surface area contributed by atoms with Gasteiger partial charge in [-0.25, -0.2) is 4.98 Å². The van der Waals surface area contributed by atoms with Crippen LogP contribution < -0.4 is 20.1 Å². The summed E-state index contributed by atoms with van der Waals surface area (Å²) in [6, 6.07) is 5.97. The Morgan fingerprint density at radius 1 is 1.12 bits per heavy atom. The molecule has 0 aliphatic rings. The fourth-order valence-corrected chi connectivity index (χ4v) is 3.06.